The van der Waals surface area contributed by atoms with Gasteiger partial charge in [0.05, 0.1) is 12.6 Å². The van der Waals surface area contributed by atoms with Gasteiger partial charge in [-0.2, -0.15) is 0 Å². The molecule has 0 fully saturated rings. The molecule has 6 nitrogen and oxygen atoms in total. The Balaban J connectivity index is 1.58. The van der Waals surface area contributed by atoms with E-state index >= 15 is 0 Å². The molecule has 0 spiro atoms. The van der Waals surface area contributed by atoms with E-state index in [0.29, 0.717) is 24.5 Å². The summed E-state index contributed by atoms with van der Waals surface area (Å²) in [6.45, 7) is 4.88. The Morgan fingerprint density at radius 1 is 1.14 bits per heavy atom. The van der Waals surface area contributed by atoms with Crippen molar-refractivity contribution < 1.29 is 14.3 Å². The van der Waals surface area contributed by atoms with E-state index in [0.717, 1.165) is 17.1 Å². The molecule has 2 aromatic carbocycles. The van der Waals surface area contributed by atoms with Crippen LogP contribution in [0.1, 0.15) is 41.6 Å². The molecule has 1 heterocycles. The van der Waals surface area contributed by atoms with Crippen LogP contribution in [0.15, 0.2) is 60.9 Å². The molecule has 0 saturated carbocycles. The highest BCUT2D eigenvalue weighted by Crippen LogP contribution is 2.20. The molecule has 146 valence electrons. The summed E-state index contributed by atoms with van der Waals surface area (Å²) in [7, 11) is 1.92. The van der Waals surface area contributed by atoms with Crippen LogP contribution in [-0.4, -0.2) is 22.1 Å². The van der Waals surface area contributed by atoms with Gasteiger partial charge in [-0.3, -0.25) is 4.79 Å². The maximum absolute atomic E-state index is 12.5. The van der Waals surface area contributed by atoms with Crippen molar-refractivity contribution in [2.24, 2.45) is 7.05 Å². The van der Waals surface area contributed by atoms with Gasteiger partial charge < -0.3 is 19.4 Å². The normalized spacial score (nSPS) is 11.7. The largest absolute Gasteiger partial charge is 0.494 e. The minimum absolute atomic E-state index is 0.132. The Morgan fingerprint density at radius 2 is 1.93 bits per heavy atom. The van der Waals surface area contributed by atoms with Crippen LogP contribution in [0.25, 0.3) is 0 Å². The maximum atomic E-state index is 12.5. The van der Waals surface area contributed by atoms with Crippen molar-refractivity contribution in [3.63, 3.8) is 0 Å². The molecule has 0 aliphatic rings. The van der Waals surface area contributed by atoms with E-state index in [9.17, 15) is 4.79 Å². The third kappa shape index (κ3) is 4.91. The van der Waals surface area contributed by atoms with Crippen molar-refractivity contribution in [2.45, 2.75) is 26.5 Å². The highest BCUT2D eigenvalue weighted by molar-refractivity contribution is 5.94. The van der Waals surface area contributed by atoms with E-state index in [1.807, 2.05) is 55.9 Å². The molecule has 0 radical (unpaired) electrons. The molecule has 1 amide bonds. The van der Waals surface area contributed by atoms with Crippen molar-refractivity contribution >= 4 is 5.91 Å². The molecule has 0 saturated heterocycles. The summed E-state index contributed by atoms with van der Waals surface area (Å²) in [4.78, 5) is 16.8. The van der Waals surface area contributed by atoms with Crippen LogP contribution in [0.4, 0.5) is 0 Å². The smallest absolute Gasteiger partial charge is 0.251 e. The van der Waals surface area contributed by atoms with Crippen LogP contribution in [-0.2, 0) is 13.7 Å². The maximum Gasteiger partial charge on any atom is 0.251 e. The van der Waals surface area contributed by atoms with E-state index in [4.69, 9.17) is 9.47 Å². The fraction of sp³-hybridized carbons (Fsp3) is 0.273. The van der Waals surface area contributed by atoms with Crippen LogP contribution in [0.2, 0.25) is 0 Å². The third-order valence-electron chi connectivity index (χ3n) is 4.42. The molecular formula is C22H25N3O3. The molecule has 1 aromatic heterocycles. The summed E-state index contributed by atoms with van der Waals surface area (Å²) in [6.07, 6.45) is 3.61. The molecule has 6 heteroatoms. The van der Waals surface area contributed by atoms with E-state index < -0.39 is 0 Å². The number of aryl methyl sites for hydroxylation is 1. The molecular weight excluding hydrogens is 354 g/mol. The van der Waals surface area contributed by atoms with Crippen LogP contribution in [0, 0.1) is 0 Å². The van der Waals surface area contributed by atoms with Crippen LogP contribution in [0.3, 0.4) is 0 Å². The first-order valence-electron chi connectivity index (χ1n) is 9.29. The first kappa shape index (κ1) is 19.5. The minimum atomic E-state index is -0.134. The summed E-state index contributed by atoms with van der Waals surface area (Å²) in [6, 6.07) is 14.7. The zero-order chi connectivity index (χ0) is 19.9. The van der Waals surface area contributed by atoms with Crippen molar-refractivity contribution in [3.8, 4) is 11.5 Å². The van der Waals surface area contributed by atoms with Gasteiger partial charge in [0.2, 0.25) is 0 Å². The summed E-state index contributed by atoms with van der Waals surface area (Å²) in [5.74, 6) is 2.20. The number of carbonyl (C=O) groups is 1. The van der Waals surface area contributed by atoms with Gasteiger partial charge in [-0.15, -0.1) is 0 Å². The second-order valence-electron chi connectivity index (χ2n) is 6.47. The highest BCUT2D eigenvalue weighted by atomic mass is 16.5. The van der Waals surface area contributed by atoms with E-state index in [2.05, 4.69) is 10.3 Å². The van der Waals surface area contributed by atoms with Gasteiger partial charge >= 0.3 is 0 Å². The monoisotopic (exact) mass is 379 g/mol. The van der Waals surface area contributed by atoms with Gasteiger partial charge in [-0.1, -0.05) is 12.1 Å². The zero-order valence-corrected chi connectivity index (χ0v) is 16.4. The lowest BCUT2D eigenvalue weighted by Gasteiger charge is -2.16. The highest BCUT2D eigenvalue weighted by Gasteiger charge is 2.12. The molecule has 0 aliphatic heterocycles. The average molecular weight is 379 g/mol. The number of benzene rings is 2. The number of ether oxygens (including phenoxy) is 2. The number of hydrogen-bond acceptors (Lipinski definition) is 4. The average Bonchev–Trinajstić information content (AvgIpc) is 3.12. The lowest BCUT2D eigenvalue weighted by molar-refractivity contribution is 0.0939. The number of aromatic nitrogens is 2. The van der Waals surface area contributed by atoms with E-state index in [1.54, 1.807) is 30.5 Å². The number of carbonyl (C=O) groups excluding carboxylic acids is 1. The van der Waals surface area contributed by atoms with Crippen molar-refractivity contribution in [3.05, 3.63) is 77.9 Å². The number of amides is 1. The van der Waals surface area contributed by atoms with Gasteiger partial charge in [0.1, 0.15) is 23.9 Å². The lowest BCUT2D eigenvalue weighted by atomic mass is 10.1. The number of hydrogen-bond donors (Lipinski definition) is 1. The quantitative estimate of drug-likeness (QED) is 0.645. The molecule has 1 atom stereocenters. The number of imidazole rings is 1. The first-order chi connectivity index (χ1) is 13.6. The van der Waals surface area contributed by atoms with Crippen LogP contribution in [0.5, 0.6) is 11.5 Å². The molecule has 1 unspecified atom stereocenters. The van der Waals surface area contributed by atoms with Gasteiger partial charge in [0.15, 0.2) is 0 Å². The molecule has 0 bridgehead atoms. The summed E-state index contributed by atoms with van der Waals surface area (Å²) in [5, 5.41) is 3.01. The Bertz CT molecular complexity index is 919. The first-order valence-corrected chi connectivity index (χ1v) is 9.29. The minimum Gasteiger partial charge on any atom is -0.494 e. The Hall–Kier alpha value is -3.28. The molecule has 28 heavy (non-hydrogen) atoms. The topological polar surface area (TPSA) is 65.4 Å². The molecule has 0 aliphatic carbocycles. The predicted molar refractivity (Wildman–Crippen MR) is 107 cm³/mol. The van der Waals surface area contributed by atoms with Crippen molar-refractivity contribution in [1.29, 1.82) is 0 Å². The lowest BCUT2D eigenvalue weighted by Crippen LogP contribution is -2.26. The standard InChI is InChI=1S/C22H25N3O3/c1-4-27-20-7-5-6-18(14-20)16(2)24-22(26)17-8-10-19(11-9-17)28-15-21-23-12-13-25(21)3/h5-14,16H,4,15H2,1-3H3,(H,24,26). The Kier molecular flexibility index (Phi) is 6.32. The van der Waals surface area contributed by atoms with E-state index in [1.165, 1.54) is 0 Å². The number of nitrogens with zero attached hydrogens (tertiary/aromatic N) is 2. The van der Waals surface area contributed by atoms with Crippen LogP contribution < -0.4 is 14.8 Å². The van der Waals surface area contributed by atoms with Crippen molar-refractivity contribution in [2.75, 3.05) is 6.61 Å². The second-order valence-corrected chi connectivity index (χ2v) is 6.47. The predicted octanol–water partition coefficient (Wildman–Crippen LogP) is 3.89. The molecule has 1 N–H and O–H groups in total. The summed E-state index contributed by atoms with van der Waals surface area (Å²) >= 11 is 0. The summed E-state index contributed by atoms with van der Waals surface area (Å²) in [5.41, 5.74) is 1.58. The molecule has 3 aromatic rings. The SMILES string of the molecule is CCOc1cccc(C(C)NC(=O)c2ccc(OCc3nccn3C)cc2)c1. The fourth-order valence-electron chi connectivity index (χ4n) is 2.79. The number of rotatable bonds is 8. The van der Waals surface area contributed by atoms with Gasteiger partial charge in [0.25, 0.3) is 5.91 Å². The van der Waals surface area contributed by atoms with Gasteiger partial charge in [-0.25, -0.2) is 4.98 Å². The van der Waals surface area contributed by atoms with Gasteiger partial charge in [0, 0.05) is 25.0 Å². The zero-order valence-electron chi connectivity index (χ0n) is 16.4. The fourth-order valence-corrected chi connectivity index (χ4v) is 2.79. The van der Waals surface area contributed by atoms with Crippen molar-refractivity contribution in [1.82, 2.24) is 14.9 Å². The van der Waals surface area contributed by atoms with Gasteiger partial charge in [-0.05, 0) is 55.8 Å². The Morgan fingerprint density at radius 3 is 2.61 bits per heavy atom. The van der Waals surface area contributed by atoms with E-state index in [-0.39, 0.29) is 11.9 Å². The number of nitrogens with one attached hydrogen (secondary N) is 1. The second kappa shape index (κ2) is 9.08. The third-order valence-corrected chi connectivity index (χ3v) is 4.42. The van der Waals surface area contributed by atoms with Crippen LogP contribution >= 0.6 is 0 Å². The Labute approximate surface area is 165 Å². The molecule has 3 rings (SSSR count). The summed E-state index contributed by atoms with van der Waals surface area (Å²) < 4.78 is 13.2.